The van der Waals surface area contributed by atoms with Gasteiger partial charge in [-0.05, 0) is 0 Å². The van der Waals surface area contributed by atoms with E-state index < -0.39 is 27.9 Å². The Morgan fingerprint density at radius 1 is 1.18 bits per heavy atom. The van der Waals surface area contributed by atoms with Crippen LogP contribution in [-0.4, -0.2) is 40.0 Å². The van der Waals surface area contributed by atoms with Crippen LogP contribution >= 0.6 is 7.82 Å². The number of rotatable bonds is 0. The molecule has 5 N–H and O–H groups in total. The van der Waals surface area contributed by atoms with Crippen molar-refractivity contribution < 1.29 is 83.8 Å². The predicted octanol–water partition coefficient (Wildman–Crippen LogP) is -6.73. The van der Waals surface area contributed by atoms with Crippen LogP contribution in [0.3, 0.4) is 0 Å². The van der Waals surface area contributed by atoms with Crippen molar-refractivity contribution >= 4 is 27.9 Å². The van der Waals surface area contributed by atoms with Crippen molar-refractivity contribution in [3.05, 3.63) is 0 Å². The molecule has 0 atom stereocenters. The van der Waals surface area contributed by atoms with E-state index in [1.54, 1.807) is 0 Å². The molecular weight excluding hydrogens is 320 g/mol. The van der Waals surface area contributed by atoms with E-state index >= 15 is 0 Å². The summed E-state index contributed by atoms with van der Waals surface area (Å²) in [4.78, 5) is 22.9. The summed E-state index contributed by atoms with van der Waals surface area (Å²) in [6.45, 7) is 0. The van der Waals surface area contributed by atoms with E-state index in [1.165, 1.54) is 0 Å². The standard InChI is InChI=1S/K.H3O4P.3H2O.O.Sb/c;1-5(2,3)4;;;;;/h;(H3,1,2,3,4);3*1H2;;/q+1;;;;;;+3/p-4. The van der Waals surface area contributed by atoms with Crippen LogP contribution in [0.1, 0.15) is 0 Å². The molecule has 11 heavy (non-hydrogen) atoms. The predicted molar refractivity (Wildman–Crippen MR) is 25.1 cm³/mol. The molecule has 0 aliphatic rings. The third-order valence-electron chi connectivity index (χ3n) is 0. The summed E-state index contributed by atoms with van der Waals surface area (Å²) >= 11 is -5.35. The summed E-state index contributed by atoms with van der Waals surface area (Å²) in [5.41, 5.74) is 0. The Hall–Kier alpha value is 2.24. The van der Waals surface area contributed by atoms with Gasteiger partial charge in [-0.25, -0.2) is 0 Å². The molecule has 0 rings (SSSR count). The van der Waals surface area contributed by atoms with Gasteiger partial charge in [0.15, 0.2) is 0 Å². The molecule has 0 saturated heterocycles. The Bertz CT molecular complexity index is 126. The van der Waals surface area contributed by atoms with Crippen LogP contribution in [0.2, 0.25) is 0 Å². The Morgan fingerprint density at radius 2 is 1.18 bits per heavy atom. The SMILES string of the molecule is O=P([O-])(O)O.[K+].[O]=[Sb]([OH])([OH])[OH]. The van der Waals surface area contributed by atoms with E-state index in [0.29, 0.717) is 0 Å². The van der Waals surface area contributed by atoms with Gasteiger partial charge < -0.3 is 14.7 Å². The maximum absolute atomic E-state index is 8.97. The molecule has 0 heterocycles. The fourth-order valence-corrected chi connectivity index (χ4v) is 0. The van der Waals surface area contributed by atoms with Gasteiger partial charge in [0.2, 0.25) is 0 Å². The molecule has 8 nitrogen and oxygen atoms in total. The first-order valence-electron chi connectivity index (χ1n) is 1.55. The normalized spacial score (nSPS) is 10.7. The summed E-state index contributed by atoms with van der Waals surface area (Å²) in [5.74, 6) is 0. The molecule has 0 saturated carbocycles. The molecular formula is H5KO8PSb. The molecule has 0 radical (unpaired) electrons. The zero-order valence-corrected chi connectivity index (χ0v) is 11.9. The van der Waals surface area contributed by atoms with Gasteiger partial charge in [0.1, 0.15) is 0 Å². The summed E-state index contributed by atoms with van der Waals surface area (Å²) in [5, 5.41) is 0. The van der Waals surface area contributed by atoms with Crippen molar-refractivity contribution in [2.75, 3.05) is 0 Å². The van der Waals surface area contributed by atoms with E-state index in [0.717, 1.165) is 0 Å². The maximum atomic E-state index is 8.97. The van der Waals surface area contributed by atoms with E-state index in [9.17, 15) is 0 Å². The average Bonchev–Trinajstić information content (AvgIpc) is 1.12. The molecule has 0 fully saturated rings. The van der Waals surface area contributed by atoms with Gasteiger partial charge in [0.25, 0.3) is 7.82 Å². The molecule has 0 unspecified atom stereocenters. The van der Waals surface area contributed by atoms with Crippen LogP contribution in [0.4, 0.5) is 0 Å². The van der Waals surface area contributed by atoms with Crippen LogP contribution < -0.4 is 56.3 Å². The van der Waals surface area contributed by atoms with Crippen LogP contribution in [0.15, 0.2) is 0 Å². The molecule has 0 aliphatic heterocycles. The van der Waals surface area contributed by atoms with Crippen LogP contribution in [-0.2, 0) is 7.58 Å². The van der Waals surface area contributed by atoms with Crippen molar-refractivity contribution in [1.82, 2.24) is 0 Å². The number of hydrogen-bond donors (Lipinski definition) is 5. The molecule has 11 heteroatoms. The molecule has 0 amide bonds. The third kappa shape index (κ3) is 255. The molecule has 0 aliphatic carbocycles. The molecule has 64 valence electrons. The third-order valence-corrected chi connectivity index (χ3v) is 0. The van der Waals surface area contributed by atoms with Crippen LogP contribution in [0, 0.1) is 0 Å². The van der Waals surface area contributed by atoms with Crippen molar-refractivity contribution in [2.24, 2.45) is 0 Å². The second kappa shape index (κ2) is 7.63. The number of phosphoric acid groups is 1. The van der Waals surface area contributed by atoms with Gasteiger partial charge in [0, 0.05) is 0 Å². The molecule has 0 spiro atoms. The zero-order chi connectivity index (χ0) is 9.00. The Kier molecular flexibility index (Phi) is 13.1. The fourth-order valence-electron chi connectivity index (χ4n) is 0. The van der Waals surface area contributed by atoms with E-state index in [1.807, 2.05) is 0 Å². The van der Waals surface area contributed by atoms with Gasteiger partial charge in [-0.3, -0.25) is 4.57 Å². The fraction of sp³-hybridized carbons (Fsp3) is 0. The van der Waals surface area contributed by atoms with E-state index in [-0.39, 0.29) is 51.4 Å². The Balaban J connectivity index is -0.000000107. The van der Waals surface area contributed by atoms with Gasteiger partial charge in [-0.15, -0.1) is 0 Å². The summed E-state index contributed by atoms with van der Waals surface area (Å²) in [7, 11) is -4.89. The van der Waals surface area contributed by atoms with Crippen molar-refractivity contribution in [1.29, 1.82) is 0 Å². The molecule has 0 bridgehead atoms. The topological polar surface area (TPSA) is 158 Å². The van der Waals surface area contributed by atoms with Gasteiger partial charge >= 0.3 is 84.6 Å². The van der Waals surface area contributed by atoms with Gasteiger partial charge in [0.05, 0.1) is 0 Å². The molecule has 0 aromatic carbocycles. The zero-order valence-electron chi connectivity index (χ0n) is 5.36. The second-order valence-corrected chi connectivity index (χ2v) is 4.91. The minimum atomic E-state index is -5.35. The van der Waals surface area contributed by atoms with Crippen molar-refractivity contribution in [3.8, 4) is 0 Å². The van der Waals surface area contributed by atoms with E-state index in [4.69, 9.17) is 32.4 Å². The summed E-state index contributed by atoms with van der Waals surface area (Å²) in [6, 6.07) is 0. The van der Waals surface area contributed by atoms with Gasteiger partial charge in [-0.1, -0.05) is 0 Å². The Labute approximate surface area is 110 Å². The second-order valence-electron chi connectivity index (χ2n) is 1.00. The first kappa shape index (κ1) is 18.9. The van der Waals surface area contributed by atoms with Crippen LogP contribution in [0.25, 0.3) is 0 Å². The average molecular weight is 325 g/mol. The van der Waals surface area contributed by atoms with Gasteiger partial charge in [-0.2, -0.15) is 0 Å². The summed E-state index contributed by atoms with van der Waals surface area (Å²) < 4.78 is 39.6. The van der Waals surface area contributed by atoms with Crippen molar-refractivity contribution in [3.63, 3.8) is 0 Å². The molecule has 0 aromatic heterocycles. The van der Waals surface area contributed by atoms with Crippen molar-refractivity contribution in [2.45, 2.75) is 0 Å². The minimum absolute atomic E-state index is 0. The first-order chi connectivity index (χ1) is 4.00. The van der Waals surface area contributed by atoms with E-state index in [2.05, 4.69) is 0 Å². The Morgan fingerprint density at radius 3 is 1.18 bits per heavy atom. The number of hydrogen-bond acceptors (Lipinski definition) is 3. The van der Waals surface area contributed by atoms with Crippen LogP contribution in [0.5, 0.6) is 0 Å². The monoisotopic (exact) mass is 324 g/mol. The quantitative estimate of drug-likeness (QED) is 0.217. The first-order valence-corrected chi connectivity index (χ1v) is 7.55. The summed E-state index contributed by atoms with van der Waals surface area (Å²) in [6.07, 6.45) is 0. The molecule has 0 aromatic rings.